The number of phenols is 1. The van der Waals surface area contributed by atoms with Crippen molar-refractivity contribution in [1.82, 2.24) is 0 Å². The molecule has 9 nitrogen and oxygen atoms in total. The smallest absolute Gasteiger partial charge is 0.343 e. The molecule has 164 valence electrons. The minimum absolute atomic E-state index is 0.00705. The zero-order chi connectivity index (χ0) is 22.5. The second kappa shape index (κ2) is 7.34. The maximum atomic E-state index is 13.5. The fourth-order valence-electron chi connectivity index (χ4n) is 3.73. The number of methoxy groups -OCH3 is 1. The van der Waals surface area contributed by atoms with E-state index in [1.807, 2.05) is 0 Å². The maximum Gasteiger partial charge on any atom is 0.343 e. The molecular formula is C22H18N2O7S. The molecule has 0 unspecified atom stereocenters. The third-order valence-electron chi connectivity index (χ3n) is 5.25. The summed E-state index contributed by atoms with van der Waals surface area (Å²) in [4.78, 5) is 14.9. The van der Waals surface area contributed by atoms with E-state index in [1.54, 1.807) is 36.4 Å². The van der Waals surface area contributed by atoms with Gasteiger partial charge in [-0.05, 0) is 42.0 Å². The van der Waals surface area contributed by atoms with E-state index in [2.05, 4.69) is 0 Å². The Morgan fingerprint density at radius 2 is 1.81 bits per heavy atom. The Hall–Kier alpha value is -3.92. The van der Waals surface area contributed by atoms with Crippen LogP contribution in [0.3, 0.4) is 0 Å². The number of hydrogen-bond donors (Lipinski definition) is 1. The first-order valence-electron chi connectivity index (χ1n) is 9.61. The predicted molar refractivity (Wildman–Crippen MR) is 115 cm³/mol. The van der Waals surface area contributed by atoms with Gasteiger partial charge in [-0.1, -0.05) is 18.2 Å². The molecule has 32 heavy (non-hydrogen) atoms. The Morgan fingerprint density at radius 3 is 2.62 bits per heavy atom. The second-order valence-corrected chi connectivity index (χ2v) is 8.90. The van der Waals surface area contributed by atoms with E-state index >= 15 is 0 Å². The molecule has 0 atom stereocenters. The number of anilines is 2. The molecule has 0 bridgehead atoms. The van der Waals surface area contributed by atoms with E-state index in [1.165, 1.54) is 36.3 Å². The molecule has 1 N–H and O–H groups in total. The van der Waals surface area contributed by atoms with Gasteiger partial charge in [-0.25, -0.2) is 13.2 Å². The number of ether oxygens (including phenoxy) is 3. The van der Waals surface area contributed by atoms with Gasteiger partial charge in [-0.15, -0.1) is 0 Å². The first-order chi connectivity index (χ1) is 15.4. The highest BCUT2D eigenvalue weighted by molar-refractivity contribution is 7.94. The topological polar surface area (TPSA) is 106 Å². The van der Waals surface area contributed by atoms with Crippen LogP contribution in [-0.4, -0.2) is 33.5 Å². The summed E-state index contributed by atoms with van der Waals surface area (Å²) in [6.07, 6.45) is 0. The molecule has 2 heterocycles. The van der Waals surface area contributed by atoms with Crippen LogP contribution >= 0.6 is 0 Å². The average Bonchev–Trinajstić information content (AvgIpc) is 3.25. The largest absolute Gasteiger partial charge is 0.504 e. The van der Waals surface area contributed by atoms with Crippen molar-refractivity contribution >= 4 is 27.4 Å². The van der Waals surface area contributed by atoms with Crippen molar-refractivity contribution in [2.24, 2.45) is 0 Å². The van der Waals surface area contributed by atoms with Gasteiger partial charge in [0.25, 0.3) is 10.0 Å². The molecule has 0 spiro atoms. The van der Waals surface area contributed by atoms with Crippen LogP contribution < -0.4 is 23.4 Å². The lowest BCUT2D eigenvalue weighted by Crippen LogP contribution is -2.50. The van der Waals surface area contributed by atoms with Gasteiger partial charge in [0.05, 0.1) is 25.0 Å². The highest BCUT2D eigenvalue weighted by atomic mass is 32.2. The number of aromatic hydroxyl groups is 1. The van der Waals surface area contributed by atoms with Crippen LogP contribution in [0.4, 0.5) is 16.2 Å². The van der Waals surface area contributed by atoms with Crippen molar-refractivity contribution in [1.29, 1.82) is 0 Å². The third-order valence-corrected chi connectivity index (χ3v) is 7.00. The number of carbonyl (C=O) groups is 1. The van der Waals surface area contributed by atoms with Crippen LogP contribution in [0.2, 0.25) is 0 Å². The molecule has 0 saturated heterocycles. The molecule has 10 heteroatoms. The van der Waals surface area contributed by atoms with Crippen LogP contribution in [-0.2, 0) is 16.6 Å². The molecule has 0 fully saturated rings. The quantitative estimate of drug-likeness (QED) is 0.644. The Morgan fingerprint density at radius 1 is 1.03 bits per heavy atom. The third kappa shape index (κ3) is 3.07. The van der Waals surface area contributed by atoms with Crippen molar-refractivity contribution in [2.45, 2.75) is 11.4 Å². The number of urea groups is 1. The van der Waals surface area contributed by atoms with Crippen molar-refractivity contribution in [2.75, 3.05) is 23.1 Å². The number of amides is 2. The summed E-state index contributed by atoms with van der Waals surface area (Å²) in [5.74, 6) is 1.05. The van der Waals surface area contributed by atoms with Gasteiger partial charge in [0.2, 0.25) is 6.79 Å². The van der Waals surface area contributed by atoms with E-state index < -0.39 is 16.1 Å². The highest BCUT2D eigenvalue weighted by Gasteiger charge is 2.42. The van der Waals surface area contributed by atoms with E-state index in [0.29, 0.717) is 15.8 Å². The maximum absolute atomic E-state index is 13.5. The van der Waals surface area contributed by atoms with E-state index in [-0.39, 0.29) is 41.1 Å². The highest BCUT2D eigenvalue weighted by Crippen LogP contribution is 2.41. The van der Waals surface area contributed by atoms with Gasteiger partial charge >= 0.3 is 6.03 Å². The monoisotopic (exact) mass is 454 g/mol. The molecule has 0 radical (unpaired) electrons. The van der Waals surface area contributed by atoms with Gasteiger partial charge < -0.3 is 19.3 Å². The number of hydrogen-bond acceptors (Lipinski definition) is 7. The Labute approximate surface area is 184 Å². The molecule has 5 rings (SSSR count). The van der Waals surface area contributed by atoms with Gasteiger partial charge in [0, 0.05) is 6.07 Å². The summed E-state index contributed by atoms with van der Waals surface area (Å²) < 4.78 is 43.3. The van der Waals surface area contributed by atoms with E-state index in [4.69, 9.17) is 14.2 Å². The van der Waals surface area contributed by atoms with Gasteiger partial charge in [-0.3, -0.25) is 4.90 Å². The summed E-state index contributed by atoms with van der Waals surface area (Å²) in [6.45, 7) is 0.229. The number of sulfonamides is 1. The summed E-state index contributed by atoms with van der Waals surface area (Å²) in [6, 6.07) is 14.8. The van der Waals surface area contributed by atoms with Crippen LogP contribution in [0.15, 0.2) is 65.6 Å². The SMILES string of the molecule is COc1cc(N2C(=O)N(Cc3ccc4c(c3)OCO4)c3ccccc3S2(=O)=O)ccc1O. The lowest BCUT2D eigenvalue weighted by Gasteiger charge is -2.36. The molecule has 2 aliphatic heterocycles. The number of benzene rings is 3. The van der Waals surface area contributed by atoms with Gasteiger partial charge in [0.15, 0.2) is 23.0 Å². The molecule has 0 aliphatic carbocycles. The standard InChI is InChI=1S/C22H18N2O7S/c1-29-19-11-15(7-8-17(19)25)24-22(26)23(16-4-2-3-5-21(16)32(24,27)28)12-14-6-9-18-20(10-14)31-13-30-18/h2-11,25H,12-13H2,1H3. The second-order valence-electron chi connectivity index (χ2n) is 7.15. The molecule has 3 aromatic carbocycles. The number of phenolic OH excluding ortho intramolecular Hbond substituents is 1. The Balaban J connectivity index is 1.62. The molecule has 0 saturated carbocycles. The summed E-state index contributed by atoms with van der Waals surface area (Å²) in [7, 11) is -2.86. The molecule has 2 aliphatic rings. The van der Waals surface area contributed by atoms with Crippen LogP contribution in [0.25, 0.3) is 0 Å². The fraction of sp³-hybridized carbons (Fsp3) is 0.136. The van der Waals surface area contributed by atoms with E-state index in [0.717, 1.165) is 5.56 Å². The van der Waals surface area contributed by atoms with Crippen LogP contribution in [0, 0.1) is 0 Å². The Bertz CT molecular complexity index is 1340. The summed E-state index contributed by atoms with van der Waals surface area (Å²) in [5.41, 5.74) is 1.06. The molecule has 3 aromatic rings. The summed E-state index contributed by atoms with van der Waals surface area (Å²) in [5, 5.41) is 9.90. The number of fused-ring (bicyclic) bond motifs is 2. The zero-order valence-electron chi connectivity index (χ0n) is 16.9. The number of rotatable bonds is 4. The molecular weight excluding hydrogens is 436 g/mol. The number of nitrogens with zero attached hydrogens (tertiary/aromatic N) is 2. The first-order valence-corrected chi connectivity index (χ1v) is 11.1. The van der Waals surface area contributed by atoms with Gasteiger partial charge in [0.1, 0.15) is 4.90 Å². The predicted octanol–water partition coefficient (Wildman–Crippen LogP) is 3.47. The molecule has 0 aromatic heterocycles. The number of para-hydroxylation sites is 1. The first kappa shape index (κ1) is 20.0. The zero-order valence-corrected chi connectivity index (χ0v) is 17.7. The van der Waals surface area contributed by atoms with Gasteiger partial charge in [-0.2, -0.15) is 4.31 Å². The minimum atomic E-state index is -4.20. The Kier molecular flexibility index (Phi) is 4.59. The number of carbonyl (C=O) groups excluding carboxylic acids is 1. The van der Waals surface area contributed by atoms with Crippen molar-refractivity contribution in [3.8, 4) is 23.0 Å². The normalized spacial score (nSPS) is 16.1. The minimum Gasteiger partial charge on any atom is -0.504 e. The lowest BCUT2D eigenvalue weighted by atomic mass is 10.1. The van der Waals surface area contributed by atoms with Crippen molar-refractivity contribution in [3.63, 3.8) is 0 Å². The average molecular weight is 454 g/mol. The van der Waals surface area contributed by atoms with Crippen molar-refractivity contribution in [3.05, 3.63) is 66.2 Å². The lowest BCUT2D eigenvalue weighted by molar-refractivity contribution is 0.174. The fourth-order valence-corrected chi connectivity index (χ4v) is 5.31. The van der Waals surface area contributed by atoms with E-state index in [9.17, 15) is 18.3 Å². The van der Waals surface area contributed by atoms with Crippen LogP contribution in [0.1, 0.15) is 5.56 Å². The molecule has 2 amide bonds. The summed E-state index contributed by atoms with van der Waals surface area (Å²) >= 11 is 0. The van der Waals surface area contributed by atoms with Crippen molar-refractivity contribution < 1.29 is 32.5 Å². The van der Waals surface area contributed by atoms with Crippen LogP contribution in [0.5, 0.6) is 23.0 Å².